The standard InChI is InChI=1S/C11H10ClF3O3/c1-6(16)7-2-3-9(8(12)4-7)18-5-10(17)11(13,14)15/h2-4,10,17H,5H2,1H3. The third-order valence-electron chi connectivity index (χ3n) is 2.11. The number of carbonyl (C=O) groups excluding carboxylic acids is 1. The van der Waals surface area contributed by atoms with Gasteiger partial charge in [-0.3, -0.25) is 4.79 Å². The first-order valence-electron chi connectivity index (χ1n) is 4.90. The summed E-state index contributed by atoms with van der Waals surface area (Å²) in [5, 5.41) is 8.74. The maximum atomic E-state index is 12.0. The van der Waals surface area contributed by atoms with E-state index in [0.29, 0.717) is 5.56 Å². The fourth-order valence-corrected chi connectivity index (χ4v) is 1.34. The average molecular weight is 283 g/mol. The number of Topliss-reactive ketones (excluding diaryl/α,β-unsaturated/α-hetero) is 1. The Balaban J connectivity index is 2.72. The molecule has 1 aromatic rings. The first-order chi connectivity index (χ1) is 8.21. The van der Waals surface area contributed by atoms with Crippen molar-refractivity contribution in [2.75, 3.05) is 6.61 Å². The smallest absolute Gasteiger partial charge is 0.417 e. The van der Waals surface area contributed by atoms with Crippen LogP contribution in [-0.4, -0.2) is 29.8 Å². The molecule has 1 unspecified atom stereocenters. The monoisotopic (exact) mass is 282 g/mol. The molecule has 0 spiro atoms. The van der Waals surface area contributed by atoms with E-state index in [9.17, 15) is 18.0 Å². The van der Waals surface area contributed by atoms with Gasteiger partial charge in [0.25, 0.3) is 0 Å². The Morgan fingerprint density at radius 2 is 2.11 bits per heavy atom. The predicted molar refractivity (Wildman–Crippen MR) is 59.0 cm³/mol. The van der Waals surface area contributed by atoms with Crippen LogP contribution in [0.1, 0.15) is 17.3 Å². The molecule has 18 heavy (non-hydrogen) atoms. The van der Waals surface area contributed by atoms with Crippen molar-refractivity contribution in [2.45, 2.75) is 19.2 Å². The second kappa shape index (κ2) is 5.58. The molecule has 0 saturated heterocycles. The molecule has 0 aliphatic carbocycles. The lowest BCUT2D eigenvalue weighted by Gasteiger charge is -2.16. The molecular weight excluding hydrogens is 273 g/mol. The molecule has 0 heterocycles. The minimum Gasteiger partial charge on any atom is -0.489 e. The summed E-state index contributed by atoms with van der Waals surface area (Å²) >= 11 is 5.73. The number of alkyl halides is 3. The number of carbonyl (C=O) groups is 1. The van der Waals surface area contributed by atoms with Crippen molar-refractivity contribution >= 4 is 17.4 Å². The van der Waals surface area contributed by atoms with Crippen molar-refractivity contribution < 1.29 is 27.8 Å². The van der Waals surface area contributed by atoms with Gasteiger partial charge in [0.2, 0.25) is 0 Å². The number of benzene rings is 1. The number of aliphatic hydroxyl groups is 1. The highest BCUT2D eigenvalue weighted by Crippen LogP contribution is 2.27. The zero-order chi connectivity index (χ0) is 13.9. The highest BCUT2D eigenvalue weighted by molar-refractivity contribution is 6.32. The summed E-state index contributed by atoms with van der Waals surface area (Å²) in [5.74, 6) is -0.247. The van der Waals surface area contributed by atoms with Crippen LogP contribution in [0.2, 0.25) is 5.02 Å². The van der Waals surface area contributed by atoms with E-state index >= 15 is 0 Å². The van der Waals surface area contributed by atoms with Crippen LogP contribution in [0, 0.1) is 0 Å². The van der Waals surface area contributed by atoms with Crippen LogP contribution in [0.3, 0.4) is 0 Å². The molecule has 0 aliphatic rings. The molecule has 0 bridgehead atoms. The van der Waals surface area contributed by atoms with E-state index in [1.54, 1.807) is 0 Å². The topological polar surface area (TPSA) is 46.5 Å². The zero-order valence-corrected chi connectivity index (χ0v) is 10.0. The largest absolute Gasteiger partial charge is 0.489 e. The maximum absolute atomic E-state index is 12.0. The van der Waals surface area contributed by atoms with Gasteiger partial charge in [0.1, 0.15) is 12.4 Å². The minimum atomic E-state index is -4.74. The summed E-state index contributed by atoms with van der Waals surface area (Å²) in [6.07, 6.45) is -7.33. The molecule has 0 aliphatic heterocycles. The van der Waals surface area contributed by atoms with E-state index < -0.39 is 18.9 Å². The normalized spacial score (nSPS) is 13.2. The van der Waals surface area contributed by atoms with Gasteiger partial charge in [0.15, 0.2) is 11.9 Å². The third kappa shape index (κ3) is 3.89. The number of rotatable bonds is 4. The SMILES string of the molecule is CC(=O)c1ccc(OCC(O)C(F)(F)F)c(Cl)c1. The van der Waals surface area contributed by atoms with Gasteiger partial charge in [0, 0.05) is 5.56 Å². The summed E-state index contributed by atoms with van der Waals surface area (Å²) in [4.78, 5) is 11.0. The molecule has 100 valence electrons. The van der Waals surface area contributed by atoms with Crippen molar-refractivity contribution in [1.82, 2.24) is 0 Å². The van der Waals surface area contributed by atoms with Gasteiger partial charge in [-0.2, -0.15) is 13.2 Å². The highest BCUT2D eigenvalue weighted by Gasteiger charge is 2.38. The number of hydrogen-bond acceptors (Lipinski definition) is 3. The molecule has 1 rings (SSSR count). The second-order valence-electron chi connectivity index (χ2n) is 3.57. The van der Waals surface area contributed by atoms with Crippen molar-refractivity contribution in [3.8, 4) is 5.75 Å². The lowest BCUT2D eigenvalue weighted by Crippen LogP contribution is -2.34. The van der Waals surface area contributed by atoms with Gasteiger partial charge in [-0.25, -0.2) is 0 Å². The molecule has 1 aromatic carbocycles. The van der Waals surface area contributed by atoms with Crippen LogP contribution in [-0.2, 0) is 0 Å². The molecule has 7 heteroatoms. The van der Waals surface area contributed by atoms with Gasteiger partial charge in [-0.1, -0.05) is 11.6 Å². The second-order valence-corrected chi connectivity index (χ2v) is 3.98. The van der Waals surface area contributed by atoms with Gasteiger partial charge < -0.3 is 9.84 Å². The molecule has 1 N–H and O–H groups in total. The Morgan fingerprint density at radius 3 is 2.56 bits per heavy atom. The van der Waals surface area contributed by atoms with Gasteiger partial charge in [-0.05, 0) is 25.1 Å². The van der Waals surface area contributed by atoms with Crippen LogP contribution < -0.4 is 4.74 Å². The average Bonchev–Trinajstić information content (AvgIpc) is 2.25. The van der Waals surface area contributed by atoms with Gasteiger partial charge >= 0.3 is 6.18 Å². The first-order valence-corrected chi connectivity index (χ1v) is 5.27. The fraction of sp³-hybridized carbons (Fsp3) is 0.364. The first kappa shape index (κ1) is 14.8. The van der Waals surface area contributed by atoms with Crippen molar-refractivity contribution in [3.05, 3.63) is 28.8 Å². The Morgan fingerprint density at radius 1 is 1.50 bits per heavy atom. The van der Waals surface area contributed by atoms with E-state index in [4.69, 9.17) is 21.4 Å². The van der Waals surface area contributed by atoms with Crippen LogP contribution in [0.4, 0.5) is 13.2 Å². The Labute approximate surface area is 106 Å². The molecule has 0 fully saturated rings. The fourth-order valence-electron chi connectivity index (χ4n) is 1.10. The number of ketones is 1. The summed E-state index contributed by atoms with van der Waals surface area (Å²) in [6.45, 7) is 0.377. The summed E-state index contributed by atoms with van der Waals surface area (Å²) < 4.78 is 40.8. The Bertz CT molecular complexity index is 446. The van der Waals surface area contributed by atoms with Crippen LogP contribution in [0.15, 0.2) is 18.2 Å². The molecule has 1 atom stereocenters. The summed E-state index contributed by atoms with van der Waals surface area (Å²) in [5.41, 5.74) is 0.323. The number of halogens is 4. The minimum absolute atomic E-state index is 0.0112. The Kier molecular flexibility index (Phi) is 4.59. The predicted octanol–water partition coefficient (Wildman–Crippen LogP) is 2.84. The van der Waals surface area contributed by atoms with Crippen molar-refractivity contribution in [2.24, 2.45) is 0 Å². The third-order valence-corrected chi connectivity index (χ3v) is 2.41. The summed E-state index contributed by atoms with van der Waals surface area (Å²) in [6, 6.07) is 3.95. The lowest BCUT2D eigenvalue weighted by molar-refractivity contribution is -0.210. The molecule has 0 radical (unpaired) electrons. The van der Waals surface area contributed by atoms with E-state index in [1.165, 1.54) is 25.1 Å². The van der Waals surface area contributed by atoms with Gasteiger partial charge in [0.05, 0.1) is 5.02 Å². The molecular formula is C11H10ClF3O3. The van der Waals surface area contributed by atoms with Gasteiger partial charge in [-0.15, -0.1) is 0 Å². The highest BCUT2D eigenvalue weighted by atomic mass is 35.5. The van der Waals surface area contributed by atoms with Crippen molar-refractivity contribution in [1.29, 1.82) is 0 Å². The molecule has 0 saturated carbocycles. The maximum Gasteiger partial charge on any atom is 0.417 e. The van der Waals surface area contributed by atoms with E-state index in [1.807, 2.05) is 0 Å². The Hall–Kier alpha value is -1.27. The number of hydrogen-bond donors (Lipinski definition) is 1. The zero-order valence-electron chi connectivity index (χ0n) is 9.29. The van der Waals surface area contributed by atoms with E-state index in [2.05, 4.69) is 0 Å². The lowest BCUT2D eigenvalue weighted by atomic mass is 10.1. The van der Waals surface area contributed by atoms with E-state index in [0.717, 1.165) is 0 Å². The van der Waals surface area contributed by atoms with E-state index in [-0.39, 0.29) is 16.6 Å². The molecule has 0 amide bonds. The molecule has 3 nitrogen and oxygen atoms in total. The number of aliphatic hydroxyl groups excluding tert-OH is 1. The molecule has 0 aromatic heterocycles. The van der Waals surface area contributed by atoms with Crippen LogP contribution in [0.5, 0.6) is 5.75 Å². The van der Waals surface area contributed by atoms with Crippen LogP contribution >= 0.6 is 11.6 Å². The summed E-state index contributed by atoms with van der Waals surface area (Å²) in [7, 11) is 0. The van der Waals surface area contributed by atoms with Crippen LogP contribution in [0.25, 0.3) is 0 Å². The number of ether oxygens (including phenoxy) is 1. The van der Waals surface area contributed by atoms with Crippen molar-refractivity contribution in [3.63, 3.8) is 0 Å². The quantitative estimate of drug-likeness (QED) is 0.864.